The number of para-hydroxylation sites is 2. The Morgan fingerprint density at radius 3 is 2.42 bits per heavy atom. The molecule has 3 atom stereocenters. The molecule has 0 unspecified atom stereocenters. The standard InChI is InChI=1S/C15H20N4O3.C10H16N2O3S/c16-7-10-18-12-3-1-2-4-13(12)19(14(18)20)11-5-8-17(9-6-11)15(21)22;13-8(14)4-2-1-3-7-9-6(5-16-7)11-10(15)12-9/h1-4,11H,5-10,16H2,(H,21,22);6-7,9H,1-5H2,(H,13,14)(H2,11,12,15)/t;6-,7-,9-/m.0/s1. The summed E-state index contributed by atoms with van der Waals surface area (Å²) in [7, 11) is 0. The van der Waals surface area contributed by atoms with Crippen molar-refractivity contribution in [2.45, 2.75) is 68.4 Å². The van der Waals surface area contributed by atoms with Crippen molar-refractivity contribution in [1.29, 1.82) is 0 Å². The number of likely N-dealkylation sites (tertiary alicyclic amines) is 1. The Kier molecular flexibility index (Phi) is 9.21. The van der Waals surface area contributed by atoms with Gasteiger partial charge in [-0.25, -0.2) is 14.4 Å². The molecule has 12 nitrogen and oxygen atoms in total. The predicted molar refractivity (Wildman–Crippen MR) is 145 cm³/mol. The van der Waals surface area contributed by atoms with Gasteiger partial charge in [0.15, 0.2) is 0 Å². The van der Waals surface area contributed by atoms with Gasteiger partial charge in [-0.1, -0.05) is 18.6 Å². The molecule has 38 heavy (non-hydrogen) atoms. The van der Waals surface area contributed by atoms with Gasteiger partial charge in [-0.2, -0.15) is 11.8 Å². The average Bonchev–Trinajstić information content (AvgIpc) is 3.53. The number of piperidine rings is 1. The van der Waals surface area contributed by atoms with E-state index >= 15 is 0 Å². The maximum absolute atomic E-state index is 12.7. The molecule has 3 amide bonds. The summed E-state index contributed by atoms with van der Waals surface area (Å²) in [5.74, 6) is 0.236. The van der Waals surface area contributed by atoms with Crippen LogP contribution in [0.1, 0.15) is 44.6 Å². The molecule has 3 fully saturated rings. The van der Waals surface area contributed by atoms with Gasteiger partial charge in [0, 0.05) is 49.6 Å². The lowest BCUT2D eigenvalue weighted by molar-refractivity contribution is -0.137. The summed E-state index contributed by atoms with van der Waals surface area (Å²) in [5.41, 5.74) is 7.35. The summed E-state index contributed by atoms with van der Waals surface area (Å²) in [4.78, 5) is 46.6. The number of nitrogens with zero attached hydrogens (tertiary/aromatic N) is 3. The van der Waals surface area contributed by atoms with Crippen LogP contribution in [0.25, 0.3) is 11.0 Å². The topological polar surface area (TPSA) is 172 Å². The number of aromatic nitrogens is 2. The summed E-state index contributed by atoms with van der Waals surface area (Å²) in [6.45, 7) is 1.82. The number of rotatable bonds is 8. The van der Waals surface area contributed by atoms with Gasteiger partial charge >= 0.3 is 23.8 Å². The third-order valence-electron chi connectivity index (χ3n) is 7.39. The lowest BCUT2D eigenvalue weighted by Gasteiger charge is -2.30. The highest BCUT2D eigenvalue weighted by molar-refractivity contribution is 8.00. The third kappa shape index (κ3) is 6.26. The third-order valence-corrected chi connectivity index (χ3v) is 8.90. The Morgan fingerprint density at radius 1 is 1.05 bits per heavy atom. The second-order valence-electron chi connectivity index (χ2n) is 9.84. The van der Waals surface area contributed by atoms with E-state index in [1.807, 2.05) is 40.6 Å². The minimum Gasteiger partial charge on any atom is -0.481 e. The molecule has 4 heterocycles. The van der Waals surface area contributed by atoms with E-state index in [4.69, 9.17) is 15.9 Å². The van der Waals surface area contributed by atoms with Crippen LogP contribution < -0.4 is 22.1 Å². The number of fused-ring (bicyclic) bond motifs is 2. The molecule has 1 aromatic carbocycles. The van der Waals surface area contributed by atoms with E-state index in [0.717, 1.165) is 36.0 Å². The molecule has 1 aromatic heterocycles. The SMILES string of the molecule is NCCn1c(=O)n(C2CCN(C(=O)O)CC2)c2ccccc21.O=C(O)CCCC[C@@H]1SC[C@@H]2NC(=O)N[C@@H]21. The number of thioether (sulfide) groups is 1. The Bertz CT molecular complexity index is 1210. The van der Waals surface area contributed by atoms with Crippen LogP contribution in [0.3, 0.4) is 0 Å². The Labute approximate surface area is 224 Å². The van der Waals surface area contributed by atoms with Gasteiger partial charge in [0.2, 0.25) is 0 Å². The number of nitrogens with two attached hydrogens (primary N) is 1. The second kappa shape index (κ2) is 12.6. The van der Waals surface area contributed by atoms with E-state index in [1.54, 1.807) is 4.57 Å². The Hall–Kier alpha value is -3.19. The van der Waals surface area contributed by atoms with E-state index in [2.05, 4.69) is 10.6 Å². The number of hydrogen-bond donors (Lipinski definition) is 5. The van der Waals surface area contributed by atoms with Crippen LogP contribution in [-0.2, 0) is 11.3 Å². The first-order chi connectivity index (χ1) is 18.3. The summed E-state index contributed by atoms with van der Waals surface area (Å²) in [6.07, 6.45) is 3.30. The maximum atomic E-state index is 12.7. The number of carboxylic acid groups (broad SMARTS) is 2. The zero-order valence-electron chi connectivity index (χ0n) is 21.3. The first-order valence-electron chi connectivity index (χ1n) is 13.1. The van der Waals surface area contributed by atoms with Crippen LogP contribution in [-0.4, -0.2) is 85.1 Å². The highest BCUT2D eigenvalue weighted by Crippen LogP contribution is 2.33. The normalized spacial score (nSPS) is 22.9. The molecule has 3 aliphatic heterocycles. The van der Waals surface area contributed by atoms with Crippen molar-refractivity contribution in [3.05, 3.63) is 34.7 Å². The molecule has 0 saturated carbocycles. The van der Waals surface area contributed by atoms with E-state index < -0.39 is 12.1 Å². The van der Waals surface area contributed by atoms with Crippen molar-refractivity contribution in [3.8, 4) is 0 Å². The molecule has 3 aliphatic rings. The Balaban J connectivity index is 0.000000186. The molecular formula is C25H36N6O6S. The molecule has 6 N–H and O–H groups in total. The number of urea groups is 1. The zero-order chi connectivity index (χ0) is 27.2. The molecule has 0 aliphatic carbocycles. The van der Waals surface area contributed by atoms with Crippen LogP contribution >= 0.6 is 11.8 Å². The average molecular weight is 549 g/mol. The van der Waals surface area contributed by atoms with E-state index in [1.165, 1.54) is 4.90 Å². The fourth-order valence-electron chi connectivity index (χ4n) is 5.51. The number of nitrogens with one attached hydrogen (secondary N) is 2. The monoisotopic (exact) mass is 548 g/mol. The molecular weight excluding hydrogens is 512 g/mol. The molecule has 2 aromatic rings. The van der Waals surface area contributed by atoms with Gasteiger partial charge in [-0.15, -0.1) is 0 Å². The van der Waals surface area contributed by atoms with Gasteiger partial charge in [0.1, 0.15) is 0 Å². The van der Waals surface area contributed by atoms with Gasteiger partial charge < -0.3 is 31.5 Å². The van der Waals surface area contributed by atoms with Crippen LogP contribution in [0.15, 0.2) is 29.1 Å². The quantitative estimate of drug-likeness (QED) is 0.246. The molecule has 208 valence electrons. The number of carboxylic acids is 1. The van der Waals surface area contributed by atoms with E-state index in [9.17, 15) is 19.2 Å². The zero-order valence-corrected chi connectivity index (χ0v) is 22.1. The van der Waals surface area contributed by atoms with Crippen LogP contribution in [0.2, 0.25) is 0 Å². The fourth-order valence-corrected chi connectivity index (χ4v) is 7.05. The minimum atomic E-state index is -0.892. The smallest absolute Gasteiger partial charge is 0.407 e. The van der Waals surface area contributed by atoms with Crippen LogP contribution in [0, 0.1) is 0 Å². The van der Waals surface area contributed by atoms with Crippen molar-refractivity contribution >= 4 is 40.9 Å². The highest BCUT2D eigenvalue weighted by Gasteiger charge is 2.42. The van der Waals surface area contributed by atoms with Gasteiger partial charge in [-0.05, 0) is 37.8 Å². The molecule has 5 rings (SSSR count). The Morgan fingerprint density at radius 2 is 1.76 bits per heavy atom. The summed E-state index contributed by atoms with van der Waals surface area (Å²) < 4.78 is 3.52. The van der Waals surface area contributed by atoms with E-state index in [0.29, 0.717) is 44.3 Å². The minimum absolute atomic E-state index is 0.0343. The number of unbranched alkanes of at least 4 members (excludes halogenated alkanes) is 1. The molecule has 3 saturated heterocycles. The van der Waals surface area contributed by atoms with Gasteiger partial charge in [0.25, 0.3) is 0 Å². The second-order valence-corrected chi connectivity index (χ2v) is 11.1. The summed E-state index contributed by atoms with van der Waals surface area (Å²) in [5, 5.41) is 23.8. The first kappa shape index (κ1) is 27.8. The van der Waals surface area contributed by atoms with Crippen molar-refractivity contribution in [1.82, 2.24) is 24.7 Å². The van der Waals surface area contributed by atoms with Crippen molar-refractivity contribution < 1.29 is 24.6 Å². The fraction of sp³-hybridized carbons (Fsp3) is 0.600. The van der Waals surface area contributed by atoms with Gasteiger partial charge in [0.05, 0.1) is 23.1 Å². The van der Waals surface area contributed by atoms with Crippen molar-refractivity contribution in [2.24, 2.45) is 5.73 Å². The number of benzene rings is 1. The summed E-state index contributed by atoms with van der Waals surface area (Å²) in [6, 6.07) is 8.16. The molecule has 0 bridgehead atoms. The number of aliphatic carboxylic acids is 1. The number of amides is 3. The first-order valence-corrected chi connectivity index (χ1v) is 14.1. The maximum Gasteiger partial charge on any atom is 0.407 e. The van der Waals surface area contributed by atoms with Gasteiger partial charge in [-0.3, -0.25) is 13.9 Å². The van der Waals surface area contributed by atoms with E-state index in [-0.39, 0.29) is 36.3 Å². The summed E-state index contributed by atoms with van der Waals surface area (Å²) >= 11 is 1.87. The van der Waals surface area contributed by atoms with Crippen LogP contribution in [0.4, 0.5) is 9.59 Å². The molecule has 0 spiro atoms. The largest absolute Gasteiger partial charge is 0.481 e. The number of imidazole rings is 1. The number of carbonyl (C=O) groups is 3. The predicted octanol–water partition coefficient (Wildman–Crippen LogP) is 1.87. The lowest BCUT2D eigenvalue weighted by Crippen LogP contribution is -2.40. The highest BCUT2D eigenvalue weighted by atomic mass is 32.2. The number of hydrogen-bond acceptors (Lipinski definition) is 6. The van der Waals surface area contributed by atoms with Crippen molar-refractivity contribution in [2.75, 3.05) is 25.4 Å². The van der Waals surface area contributed by atoms with Crippen LogP contribution in [0.5, 0.6) is 0 Å². The molecule has 13 heteroatoms. The number of carbonyl (C=O) groups excluding carboxylic acids is 1. The molecule has 0 radical (unpaired) electrons. The lowest BCUT2D eigenvalue weighted by atomic mass is 10.0. The van der Waals surface area contributed by atoms with Crippen molar-refractivity contribution in [3.63, 3.8) is 0 Å².